The molecule has 5 nitrogen and oxygen atoms in total. The lowest BCUT2D eigenvalue weighted by atomic mass is 9.92. The lowest BCUT2D eigenvalue weighted by Gasteiger charge is -2.31. The third-order valence-corrected chi connectivity index (χ3v) is 5.72. The highest BCUT2D eigenvalue weighted by molar-refractivity contribution is 7.13. The summed E-state index contributed by atoms with van der Waals surface area (Å²) < 4.78 is 20.1. The lowest BCUT2D eigenvalue weighted by molar-refractivity contribution is -0.117. The molecule has 29 heavy (non-hydrogen) atoms. The molecule has 1 aliphatic rings. The maximum absolute atomic E-state index is 14.7. The number of anilines is 2. The van der Waals surface area contributed by atoms with Crippen molar-refractivity contribution < 1.29 is 9.18 Å². The summed E-state index contributed by atoms with van der Waals surface area (Å²) in [5.74, 6) is -0.670. The Morgan fingerprint density at radius 1 is 1.31 bits per heavy atom. The fourth-order valence-electron chi connectivity index (χ4n) is 3.67. The van der Waals surface area contributed by atoms with Crippen molar-refractivity contribution in [2.24, 2.45) is 5.41 Å². The Labute approximate surface area is 174 Å². The van der Waals surface area contributed by atoms with Crippen LogP contribution in [0.3, 0.4) is 0 Å². The van der Waals surface area contributed by atoms with Crippen molar-refractivity contribution in [2.45, 2.75) is 46.6 Å². The summed E-state index contributed by atoms with van der Waals surface area (Å²) in [7, 11) is 0. The van der Waals surface area contributed by atoms with E-state index in [-0.39, 0.29) is 17.1 Å². The number of aromatic nitrogens is 2. The van der Waals surface area contributed by atoms with Crippen molar-refractivity contribution in [1.29, 1.82) is 0 Å². The second-order valence-corrected chi connectivity index (χ2v) is 9.63. The summed E-state index contributed by atoms with van der Waals surface area (Å²) in [6.45, 7) is 7.47. The van der Waals surface area contributed by atoms with Gasteiger partial charge in [0.25, 0.3) is 0 Å². The average Bonchev–Trinajstić information content (AvgIpc) is 3.09. The number of hydrogen-bond acceptors (Lipinski definition) is 5. The molecule has 3 heterocycles. The minimum Gasteiger partial charge on any atom is -0.366 e. The largest absolute Gasteiger partial charge is 0.366 e. The molecule has 2 aromatic heterocycles. The Balaban J connectivity index is 1.55. The maximum Gasteiger partial charge on any atom is 0.226 e. The first-order valence-electron chi connectivity index (χ1n) is 9.86. The molecule has 3 aromatic rings. The van der Waals surface area contributed by atoms with Crippen LogP contribution in [0, 0.1) is 11.2 Å². The number of carbonyl (C=O) groups excluding carboxylic acids is 1. The van der Waals surface area contributed by atoms with E-state index in [1.807, 2.05) is 27.0 Å². The van der Waals surface area contributed by atoms with E-state index in [2.05, 4.69) is 37.8 Å². The summed E-state index contributed by atoms with van der Waals surface area (Å²) in [6, 6.07) is 7.83. The number of rotatable bonds is 4. The molecule has 0 bridgehead atoms. The first-order chi connectivity index (χ1) is 13.8. The Kier molecular flexibility index (Phi) is 5.25. The minimum absolute atomic E-state index is 0.0333. The van der Waals surface area contributed by atoms with Crippen LogP contribution in [0.1, 0.15) is 44.9 Å². The van der Waals surface area contributed by atoms with Gasteiger partial charge in [0.05, 0.1) is 16.1 Å². The number of nitrogens with zero attached hydrogens (tertiary/aromatic N) is 3. The number of pyridine rings is 1. The van der Waals surface area contributed by atoms with E-state index < -0.39 is 5.82 Å². The Hall–Kier alpha value is -2.54. The van der Waals surface area contributed by atoms with Crippen molar-refractivity contribution >= 4 is 39.0 Å². The van der Waals surface area contributed by atoms with Gasteiger partial charge in [-0.1, -0.05) is 32.9 Å². The molecule has 0 saturated heterocycles. The standard InChI is InChI=1S/C22H25FN4OS/c1-22(2,3)11-20(28)26-21-16(23)10-18-17(25-21)5-4-8-27(18)13-14-6-7-15-12-24-29-19(15)9-14/h6-7,9-10,12H,4-5,8,11,13H2,1-3H3,(H,25,26,28). The average molecular weight is 413 g/mol. The Morgan fingerprint density at radius 3 is 2.93 bits per heavy atom. The molecule has 0 saturated carbocycles. The second-order valence-electron chi connectivity index (χ2n) is 8.79. The first-order valence-corrected chi connectivity index (χ1v) is 10.6. The molecule has 1 amide bonds. The van der Waals surface area contributed by atoms with E-state index in [1.54, 1.807) is 0 Å². The monoisotopic (exact) mass is 412 g/mol. The summed E-state index contributed by atoms with van der Waals surface area (Å²) in [5.41, 5.74) is 2.65. The maximum atomic E-state index is 14.7. The summed E-state index contributed by atoms with van der Waals surface area (Å²) in [5, 5.41) is 3.79. The number of carbonyl (C=O) groups is 1. The van der Waals surface area contributed by atoms with Crippen LogP contribution in [-0.4, -0.2) is 21.8 Å². The van der Waals surface area contributed by atoms with Crippen molar-refractivity contribution in [1.82, 2.24) is 9.36 Å². The van der Waals surface area contributed by atoms with Crippen LogP contribution in [0.15, 0.2) is 30.5 Å². The van der Waals surface area contributed by atoms with Crippen LogP contribution in [0.2, 0.25) is 0 Å². The molecule has 152 valence electrons. The summed E-state index contributed by atoms with van der Waals surface area (Å²) in [6.07, 6.45) is 3.91. The van der Waals surface area contributed by atoms with Gasteiger partial charge in [-0.25, -0.2) is 9.37 Å². The number of benzene rings is 1. The van der Waals surface area contributed by atoms with E-state index in [0.29, 0.717) is 13.0 Å². The molecular formula is C22H25FN4OS. The minimum atomic E-state index is -0.490. The summed E-state index contributed by atoms with van der Waals surface area (Å²) in [4.78, 5) is 18.8. The third-order valence-electron chi connectivity index (χ3n) is 4.96. The molecule has 0 aliphatic carbocycles. The van der Waals surface area contributed by atoms with Crippen molar-refractivity contribution in [3.05, 3.63) is 47.5 Å². The summed E-state index contributed by atoms with van der Waals surface area (Å²) >= 11 is 1.48. The highest BCUT2D eigenvalue weighted by atomic mass is 32.1. The quantitative estimate of drug-likeness (QED) is 0.643. The van der Waals surface area contributed by atoms with Crippen LogP contribution in [0.5, 0.6) is 0 Å². The van der Waals surface area contributed by atoms with Crippen LogP contribution in [-0.2, 0) is 17.8 Å². The Bertz CT molecular complexity index is 1060. The molecule has 0 fully saturated rings. The van der Waals surface area contributed by atoms with Crippen LogP contribution in [0.25, 0.3) is 10.1 Å². The normalized spacial score (nSPS) is 14.1. The number of hydrogen-bond donors (Lipinski definition) is 1. The number of halogens is 1. The zero-order valence-corrected chi connectivity index (χ0v) is 17.8. The third kappa shape index (κ3) is 4.56. The molecule has 0 radical (unpaired) electrons. The van der Waals surface area contributed by atoms with Crippen LogP contribution >= 0.6 is 11.5 Å². The fourth-order valence-corrected chi connectivity index (χ4v) is 4.38. The zero-order valence-electron chi connectivity index (χ0n) is 17.0. The predicted molar refractivity (Wildman–Crippen MR) is 116 cm³/mol. The zero-order chi connectivity index (χ0) is 20.6. The molecule has 1 aromatic carbocycles. The SMILES string of the molecule is CC(C)(C)CC(=O)Nc1nc2c(cc1F)N(Cc1ccc3cnsc3c1)CCC2. The number of amides is 1. The molecule has 1 aliphatic heterocycles. The van der Waals surface area contributed by atoms with E-state index in [0.717, 1.165) is 46.4 Å². The van der Waals surface area contributed by atoms with E-state index in [1.165, 1.54) is 17.6 Å². The smallest absolute Gasteiger partial charge is 0.226 e. The molecule has 0 unspecified atom stereocenters. The fraction of sp³-hybridized carbons (Fsp3) is 0.409. The number of fused-ring (bicyclic) bond motifs is 2. The van der Waals surface area contributed by atoms with Gasteiger partial charge in [0, 0.05) is 37.2 Å². The molecule has 0 atom stereocenters. The topological polar surface area (TPSA) is 58.1 Å². The van der Waals surface area contributed by atoms with Crippen LogP contribution in [0.4, 0.5) is 15.9 Å². The van der Waals surface area contributed by atoms with Crippen molar-refractivity contribution in [3.8, 4) is 0 Å². The number of nitrogens with one attached hydrogen (secondary N) is 1. The van der Waals surface area contributed by atoms with E-state index in [4.69, 9.17) is 0 Å². The van der Waals surface area contributed by atoms with Crippen LogP contribution < -0.4 is 10.2 Å². The van der Waals surface area contributed by atoms with Gasteiger partial charge in [-0.05, 0) is 41.4 Å². The molecule has 4 rings (SSSR count). The molecular weight excluding hydrogens is 387 g/mol. The van der Waals surface area contributed by atoms with Gasteiger partial charge in [0.1, 0.15) is 0 Å². The molecule has 7 heteroatoms. The van der Waals surface area contributed by atoms with Gasteiger partial charge in [0.15, 0.2) is 11.6 Å². The van der Waals surface area contributed by atoms with Gasteiger partial charge in [-0.3, -0.25) is 4.79 Å². The molecule has 0 spiro atoms. The van der Waals surface area contributed by atoms with E-state index in [9.17, 15) is 9.18 Å². The van der Waals surface area contributed by atoms with E-state index >= 15 is 0 Å². The highest BCUT2D eigenvalue weighted by Gasteiger charge is 2.23. The van der Waals surface area contributed by atoms with Gasteiger partial charge in [-0.15, -0.1) is 0 Å². The highest BCUT2D eigenvalue weighted by Crippen LogP contribution is 2.31. The second kappa shape index (κ2) is 7.71. The van der Waals surface area contributed by atoms with Gasteiger partial charge >= 0.3 is 0 Å². The first kappa shape index (κ1) is 19.8. The predicted octanol–water partition coefficient (Wildman–Crippen LogP) is 5.16. The Morgan fingerprint density at radius 2 is 2.14 bits per heavy atom. The lowest BCUT2D eigenvalue weighted by Crippen LogP contribution is -2.30. The van der Waals surface area contributed by atoms with Gasteiger partial charge < -0.3 is 10.2 Å². The van der Waals surface area contributed by atoms with Gasteiger partial charge in [0.2, 0.25) is 5.91 Å². The van der Waals surface area contributed by atoms with Crippen molar-refractivity contribution in [3.63, 3.8) is 0 Å². The van der Waals surface area contributed by atoms with Gasteiger partial charge in [-0.2, -0.15) is 4.37 Å². The van der Waals surface area contributed by atoms with Crippen molar-refractivity contribution in [2.75, 3.05) is 16.8 Å². The number of aryl methyl sites for hydroxylation is 1. The molecule has 1 N–H and O–H groups in total.